The Morgan fingerprint density at radius 3 is 2.71 bits per heavy atom. The zero-order valence-electron chi connectivity index (χ0n) is 13.2. The molecule has 0 fully saturated rings. The highest BCUT2D eigenvalue weighted by atomic mass is 32.2. The fraction of sp³-hybridized carbons (Fsp3) is 0.118. The molecule has 0 aliphatic carbocycles. The van der Waals surface area contributed by atoms with Crippen LogP contribution in [0.1, 0.15) is 5.56 Å². The lowest BCUT2D eigenvalue weighted by molar-refractivity contribution is 0.412. The molecule has 24 heavy (non-hydrogen) atoms. The number of hydrogen-bond donors (Lipinski definition) is 1. The highest BCUT2D eigenvalue weighted by Gasteiger charge is 2.18. The standard InChI is InChI=1S/C17H16N2O3S2/c1-12-5-6-13(16-4-3-9-23-16)10-15(12)19-24(20,21)17-11-14(22-2)7-8-18-17/h3-11,19H,1-2H3. The highest BCUT2D eigenvalue weighted by Crippen LogP contribution is 2.30. The minimum absolute atomic E-state index is 0.0808. The lowest BCUT2D eigenvalue weighted by atomic mass is 10.1. The van der Waals surface area contributed by atoms with Crippen LogP contribution in [0, 0.1) is 6.92 Å². The normalized spacial score (nSPS) is 11.2. The number of nitrogens with zero attached hydrogens (tertiary/aromatic N) is 1. The van der Waals surface area contributed by atoms with Gasteiger partial charge in [-0.3, -0.25) is 4.72 Å². The first-order chi connectivity index (χ1) is 11.5. The van der Waals surface area contributed by atoms with Gasteiger partial charge in [-0.25, -0.2) is 4.98 Å². The van der Waals surface area contributed by atoms with Gasteiger partial charge in [-0.05, 0) is 41.6 Å². The van der Waals surface area contributed by atoms with Crippen molar-refractivity contribution < 1.29 is 13.2 Å². The van der Waals surface area contributed by atoms with Crippen molar-refractivity contribution in [1.82, 2.24) is 4.98 Å². The van der Waals surface area contributed by atoms with Crippen molar-refractivity contribution in [1.29, 1.82) is 0 Å². The molecule has 124 valence electrons. The monoisotopic (exact) mass is 360 g/mol. The number of anilines is 1. The summed E-state index contributed by atoms with van der Waals surface area (Å²) in [5.74, 6) is 0.439. The van der Waals surface area contributed by atoms with Gasteiger partial charge in [-0.1, -0.05) is 18.2 Å². The van der Waals surface area contributed by atoms with Crippen molar-refractivity contribution in [2.75, 3.05) is 11.8 Å². The summed E-state index contributed by atoms with van der Waals surface area (Å²) in [6.45, 7) is 1.86. The Hall–Kier alpha value is -2.38. The Kier molecular flexibility index (Phi) is 4.55. The molecule has 0 amide bonds. The molecule has 2 heterocycles. The van der Waals surface area contributed by atoms with E-state index < -0.39 is 10.0 Å². The van der Waals surface area contributed by atoms with Gasteiger partial charge in [0.1, 0.15) is 5.75 Å². The van der Waals surface area contributed by atoms with Crippen molar-refractivity contribution in [2.24, 2.45) is 0 Å². The van der Waals surface area contributed by atoms with Gasteiger partial charge in [0.25, 0.3) is 10.0 Å². The largest absolute Gasteiger partial charge is 0.497 e. The maximum absolute atomic E-state index is 12.6. The molecule has 0 spiro atoms. The Morgan fingerprint density at radius 1 is 1.17 bits per heavy atom. The van der Waals surface area contributed by atoms with E-state index in [1.165, 1.54) is 19.4 Å². The van der Waals surface area contributed by atoms with Crippen molar-refractivity contribution in [3.63, 3.8) is 0 Å². The van der Waals surface area contributed by atoms with Crippen LogP contribution >= 0.6 is 11.3 Å². The van der Waals surface area contributed by atoms with Crippen LogP contribution in [0.3, 0.4) is 0 Å². The number of rotatable bonds is 5. The van der Waals surface area contributed by atoms with Crippen LogP contribution in [-0.4, -0.2) is 20.5 Å². The number of aryl methyl sites for hydroxylation is 1. The van der Waals surface area contributed by atoms with Gasteiger partial charge in [0.15, 0.2) is 5.03 Å². The minimum atomic E-state index is -3.79. The zero-order valence-corrected chi connectivity index (χ0v) is 14.8. The van der Waals surface area contributed by atoms with Crippen LogP contribution in [-0.2, 0) is 10.0 Å². The minimum Gasteiger partial charge on any atom is -0.497 e. The number of benzene rings is 1. The second kappa shape index (κ2) is 6.62. The van der Waals surface area contributed by atoms with E-state index >= 15 is 0 Å². The van der Waals surface area contributed by atoms with E-state index in [4.69, 9.17) is 4.74 Å². The van der Waals surface area contributed by atoms with Crippen LogP contribution in [0.15, 0.2) is 59.1 Å². The molecule has 3 aromatic rings. The van der Waals surface area contributed by atoms with Crippen LogP contribution in [0.4, 0.5) is 5.69 Å². The van der Waals surface area contributed by atoms with Crippen LogP contribution in [0.5, 0.6) is 5.75 Å². The van der Waals surface area contributed by atoms with E-state index in [1.54, 1.807) is 17.4 Å². The second-order valence-electron chi connectivity index (χ2n) is 5.15. The number of ether oxygens (including phenoxy) is 1. The predicted octanol–water partition coefficient (Wildman–Crippen LogP) is 3.93. The number of aromatic nitrogens is 1. The van der Waals surface area contributed by atoms with E-state index in [0.29, 0.717) is 11.4 Å². The summed E-state index contributed by atoms with van der Waals surface area (Å²) in [5.41, 5.74) is 2.33. The summed E-state index contributed by atoms with van der Waals surface area (Å²) in [6, 6.07) is 12.6. The molecule has 0 bridgehead atoms. The van der Waals surface area contributed by atoms with Gasteiger partial charge in [0.05, 0.1) is 12.8 Å². The Balaban J connectivity index is 1.96. The second-order valence-corrected chi connectivity index (χ2v) is 7.72. The molecule has 0 unspecified atom stereocenters. The summed E-state index contributed by atoms with van der Waals surface area (Å²) in [4.78, 5) is 5.01. The number of nitrogens with one attached hydrogen (secondary N) is 1. The third-order valence-corrected chi connectivity index (χ3v) is 5.69. The number of thiophene rings is 1. The lowest BCUT2D eigenvalue weighted by Gasteiger charge is -2.12. The molecule has 2 aromatic heterocycles. The summed E-state index contributed by atoms with van der Waals surface area (Å²) in [5, 5.41) is 1.90. The lowest BCUT2D eigenvalue weighted by Crippen LogP contribution is -2.15. The highest BCUT2D eigenvalue weighted by molar-refractivity contribution is 7.92. The zero-order chi connectivity index (χ0) is 17.2. The third kappa shape index (κ3) is 3.42. The van der Waals surface area contributed by atoms with Gasteiger partial charge in [0, 0.05) is 17.1 Å². The Bertz CT molecular complexity index is 952. The summed E-state index contributed by atoms with van der Waals surface area (Å²) in [6.07, 6.45) is 1.41. The van der Waals surface area contributed by atoms with E-state index in [-0.39, 0.29) is 5.03 Å². The van der Waals surface area contributed by atoms with E-state index in [9.17, 15) is 8.42 Å². The van der Waals surface area contributed by atoms with Crippen molar-refractivity contribution in [3.05, 3.63) is 59.6 Å². The van der Waals surface area contributed by atoms with Crippen LogP contribution < -0.4 is 9.46 Å². The smallest absolute Gasteiger partial charge is 0.279 e. The van der Waals surface area contributed by atoms with Gasteiger partial charge < -0.3 is 4.74 Å². The van der Waals surface area contributed by atoms with E-state index in [2.05, 4.69) is 9.71 Å². The average molecular weight is 360 g/mol. The number of pyridine rings is 1. The van der Waals surface area contributed by atoms with E-state index in [0.717, 1.165) is 16.0 Å². The van der Waals surface area contributed by atoms with Crippen molar-refractivity contribution in [2.45, 2.75) is 11.9 Å². The molecule has 0 aliphatic heterocycles. The fourth-order valence-electron chi connectivity index (χ4n) is 2.19. The number of methoxy groups -OCH3 is 1. The molecule has 3 rings (SSSR count). The maximum atomic E-state index is 12.6. The Morgan fingerprint density at radius 2 is 2.00 bits per heavy atom. The first-order valence-corrected chi connectivity index (χ1v) is 9.53. The fourth-order valence-corrected chi connectivity index (χ4v) is 4.00. The number of sulfonamides is 1. The molecule has 0 radical (unpaired) electrons. The Labute approximate surface area is 145 Å². The maximum Gasteiger partial charge on any atom is 0.279 e. The van der Waals surface area contributed by atoms with Crippen molar-refractivity contribution in [3.8, 4) is 16.2 Å². The SMILES string of the molecule is COc1ccnc(S(=O)(=O)Nc2cc(-c3cccs3)ccc2C)c1. The molecule has 0 atom stereocenters. The van der Waals surface area contributed by atoms with Crippen LogP contribution in [0.25, 0.3) is 10.4 Å². The molecule has 5 nitrogen and oxygen atoms in total. The number of hydrogen-bond acceptors (Lipinski definition) is 5. The predicted molar refractivity (Wildman–Crippen MR) is 96.1 cm³/mol. The summed E-state index contributed by atoms with van der Waals surface area (Å²) in [7, 11) is -2.31. The van der Waals surface area contributed by atoms with Crippen molar-refractivity contribution >= 4 is 27.0 Å². The molecular weight excluding hydrogens is 344 g/mol. The van der Waals surface area contributed by atoms with Gasteiger partial charge >= 0.3 is 0 Å². The third-order valence-electron chi connectivity index (χ3n) is 3.50. The molecule has 0 saturated carbocycles. The topological polar surface area (TPSA) is 68.3 Å². The van der Waals surface area contributed by atoms with E-state index in [1.807, 2.05) is 42.6 Å². The molecule has 1 aromatic carbocycles. The quantitative estimate of drug-likeness (QED) is 0.748. The van der Waals surface area contributed by atoms with Gasteiger partial charge in [-0.2, -0.15) is 8.42 Å². The average Bonchev–Trinajstić information content (AvgIpc) is 3.11. The molecule has 0 aliphatic rings. The van der Waals surface area contributed by atoms with Crippen LogP contribution in [0.2, 0.25) is 0 Å². The first kappa shape index (κ1) is 16.5. The first-order valence-electron chi connectivity index (χ1n) is 7.17. The molecule has 7 heteroatoms. The molecule has 0 saturated heterocycles. The summed E-state index contributed by atoms with van der Waals surface area (Å²) < 4.78 is 32.9. The summed E-state index contributed by atoms with van der Waals surface area (Å²) >= 11 is 1.60. The van der Waals surface area contributed by atoms with Gasteiger partial charge in [-0.15, -0.1) is 11.3 Å². The molecule has 1 N–H and O–H groups in total. The van der Waals surface area contributed by atoms with Gasteiger partial charge in [0.2, 0.25) is 0 Å². The molecular formula is C17H16N2O3S2.